The second kappa shape index (κ2) is 16.5. The molecule has 6 aromatic rings. The summed E-state index contributed by atoms with van der Waals surface area (Å²) >= 11 is 0. The minimum absolute atomic E-state index is 0.199. The highest BCUT2D eigenvalue weighted by molar-refractivity contribution is 5.96. The number of anilines is 1. The summed E-state index contributed by atoms with van der Waals surface area (Å²) in [4.78, 5) is 21.9. The molecule has 1 unspecified atom stereocenters. The van der Waals surface area contributed by atoms with Crippen molar-refractivity contribution < 1.29 is 19.0 Å². The third-order valence-corrected chi connectivity index (χ3v) is 10.8. The minimum atomic E-state index is -0.199. The summed E-state index contributed by atoms with van der Waals surface area (Å²) in [5.41, 5.74) is 7.09. The summed E-state index contributed by atoms with van der Waals surface area (Å²) in [5.74, 6) is 2.27. The largest absolute Gasteiger partial charge is 0.473 e. The number of fused-ring (bicyclic) bond motifs is 1. The van der Waals surface area contributed by atoms with Crippen LogP contribution in [0, 0.1) is 11.8 Å². The Labute approximate surface area is 317 Å². The van der Waals surface area contributed by atoms with Crippen LogP contribution in [0.3, 0.4) is 0 Å². The number of piperidine rings is 1. The van der Waals surface area contributed by atoms with Gasteiger partial charge < -0.3 is 24.0 Å². The van der Waals surface area contributed by atoms with Gasteiger partial charge in [0.25, 0.3) is 0 Å². The molecule has 2 aliphatic rings. The number of rotatable bonds is 12. The highest BCUT2D eigenvalue weighted by Crippen LogP contribution is 2.38. The van der Waals surface area contributed by atoms with Crippen molar-refractivity contribution in [1.29, 1.82) is 0 Å². The SMILES string of the molecule is Cn1nc(-c2ccc(OCc3ccccc3)nc2OCc2ccccc2)c2ccc(N3CCC(CC4CCN(C(=O)OCc5ccccc5)CC4)C3)cc21. The molecule has 0 aliphatic carbocycles. The Morgan fingerprint density at radius 2 is 1.33 bits per heavy atom. The lowest BCUT2D eigenvalue weighted by molar-refractivity contribution is 0.0801. The predicted octanol–water partition coefficient (Wildman–Crippen LogP) is 9.06. The van der Waals surface area contributed by atoms with Crippen molar-refractivity contribution in [3.05, 3.63) is 138 Å². The number of nitrogens with zero attached hydrogens (tertiary/aromatic N) is 5. The Balaban J connectivity index is 0.916. The molecule has 2 aliphatic heterocycles. The van der Waals surface area contributed by atoms with Gasteiger partial charge in [0.15, 0.2) is 0 Å². The Kier molecular flexibility index (Phi) is 10.7. The van der Waals surface area contributed by atoms with Gasteiger partial charge in [0.2, 0.25) is 11.8 Å². The maximum atomic E-state index is 12.7. The molecule has 4 heterocycles. The Bertz CT molecular complexity index is 2150. The molecule has 9 heteroatoms. The average Bonchev–Trinajstić information content (AvgIpc) is 3.83. The van der Waals surface area contributed by atoms with E-state index >= 15 is 0 Å². The van der Waals surface area contributed by atoms with E-state index in [0.29, 0.717) is 43.4 Å². The Hall–Kier alpha value is -5.83. The Morgan fingerprint density at radius 1 is 0.704 bits per heavy atom. The lowest BCUT2D eigenvalue weighted by atomic mass is 9.87. The first kappa shape index (κ1) is 35.2. The van der Waals surface area contributed by atoms with Crippen molar-refractivity contribution in [1.82, 2.24) is 19.7 Å². The maximum absolute atomic E-state index is 12.7. The number of hydrogen-bond donors (Lipinski definition) is 0. The van der Waals surface area contributed by atoms with Gasteiger partial charge in [0.1, 0.15) is 25.5 Å². The van der Waals surface area contributed by atoms with Crippen LogP contribution in [0.25, 0.3) is 22.2 Å². The number of likely N-dealkylation sites (tertiary alicyclic amines) is 1. The van der Waals surface area contributed by atoms with Crippen LogP contribution in [0.1, 0.15) is 42.4 Å². The van der Waals surface area contributed by atoms with Crippen LogP contribution in [-0.2, 0) is 31.6 Å². The lowest BCUT2D eigenvalue weighted by Crippen LogP contribution is -2.39. The number of hydrogen-bond acceptors (Lipinski definition) is 7. The van der Waals surface area contributed by atoms with Crippen LogP contribution in [0.15, 0.2) is 121 Å². The highest BCUT2D eigenvalue weighted by atomic mass is 16.6. The second-order valence-corrected chi connectivity index (χ2v) is 14.5. The predicted molar refractivity (Wildman–Crippen MR) is 211 cm³/mol. The number of aryl methyl sites for hydroxylation is 1. The fourth-order valence-corrected chi connectivity index (χ4v) is 7.79. The van der Waals surface area contributed by atoms with E-state index in [1.807, 2.05) is 120 Å². The van der Waals surface area contributed by atoms with Gasteiger partial charge in [-0.2, -0.15) is 10.1 Å². The molecule has 0 bridgehead atoms. The summed E-state index contributed by atoms with van der Waals surface area (Å²) in [6.45, 7) is 4.75. The topological polar surface area (TPSA) is 82.0 Å². The van der Waals surface area contributed by atoms with Crippen LogP contribution in [0.5, 0.6) is 11.8 Å². The van der Waals surface area contributed by atoms with Gasteiger partial charge in [-0.15, -0.1) is 0 Å². The molecule has 0 radical (unpaired) electrons. The number of pyridine rings is 1. The average molecular weight is 722 g/mol. The zero-order valence-electron chi connectivity index (χ0n) is 30.8. The van der Waals surface area contributed by atoms with Gasteiger partial charge in [-0.05, 0) is 78.5 Å². The van der Waals surface area contributed by atoms with Gasteiger partial charge >= 0.3 is 6.09 Å². The fourth-order valence-electron chi connectivity index (χ4n) is 7.79. The maximum Gasteiger partial charge on any atom is 0.410 e. The first-order valence-corrected chi connectivity index (χ1v) is 19.1. The van der Waals surface area contributed by atoms with E-state index in [9.17, 15) is 4.79 Å². The van der Waals surface area contributed by atoms with Gasteiger partial charge in [-0.1, -0.05) is 91.0 Å². The molecule has 2 saturated heterocycles. The molecular formula is C45H47N5O4. The van der Waals surface area contributed by atoms with Crippen LogP contribution in [0.2, 0.25) is 0 Å². The van der Waals surface area contributed by atoms with Gasteiger partial charge in [0, 0.05) is 50.4 Å². The first-order valence-electron chi connectivity index (χ1n) is 19.1. The summed E-state index contributed by atoms with van der Waals surface area (Å²) in [6.07, 6.45) is 4.25. The van der Waals surface area contributed by atoms with Crippen molar-refractivity contribution in [3.63, 3.8) is 0 Å². The number of amides is 1. The van der Waals surface area contributed by atoms with Gasteiger partial charge in [-0.25, -0.2) is 4.79 Å². The third-order valence-electron chi connectivity index (χ3n) is 10.8. The van der Waals surface area contributed by atoms with Crippen molar-refractivity contribution >= 4 is 22.7 Å². The molecule has 1 amide bonds. The van der Waals surface area contributed by atoms with Crippen molar-refractivity contribution in [2.45, 2.75) is 45.5 Å². The summed E-state index contributed by atoms with van der Waals surface area (Å²) in [7, 11) is 2.00. The third kappa shape index (κ3) is 8.36. The molecule has 1 atom stereocenters. The first-order chi connectivity index (χ1) is 26.6. The quantitative estimate of drug-likeness (QED) is 0.125. The smallest absolute Gasteiger partial charge is 0.410 e. The van der Waals surface area contributed by atoms with E-state index in [-0.39, 0.29) is 6.09 Å². The summed E-state index contributed by atoms with van der Waals surface area (Å²) < 4.78 is 20.0. The highest BCUT2D eigenvalue weighted by Gasteiger charge is 2.30. The number of carbonyl (C=O) groups is 1. The van der Waals surface area contributed by atoms with Crippen LogP contribution >= 0.6 is 0 Å². The normalized spacial score (nSPS) is 16.1. The summed E-state index contributed by atoms with van der Waals surface area (Å²) in [6, 6.07) is 40.7. The van der Waals surface area contributed by atoms with Crippen molar-refractivity contribution in [2.75, 3.05) is 31.1 Å². The van der Waals surface area contributed by atoms with E-state index in [2.05, 4.69) is 23.1 Å². The second-order valence-electron chi connectivity index (χ2n) is 14.5. The number of benzene rings is 4. The molecule has 2 aromatic heterocycles. The molecule has 4 aromatic carbocycles. The number of aromatic nitrogens is 3. The van der Waals surface area contributed by atoms with Crippen LogP contribution in [0.4, 0.5) is 10.5 Å². The summed E-state index contributed by atoms with van der Waals surface area (Å²) in [5, 5.41) is 6.06. The zero-order valence-corrected chi connectivity index (χ0v) is 30.8. The molecule has 54 heavy (non-hydrogen) atoms. The number of carbonyl (C=O) groups excluding carboxylic acids is 1. The van der Waals surface area contributed by atoms with Crippen LogP contribution < -0.4 is 14.4 Å². The van der Waals surface area contributed by atoms with E-state index < -0.39 is 0 Å². The van der Waals surface area contributed by atoms with E-state index in [1.165, 1.54) is 18.5 Å². The molecule has 0 spiro atoms. The van der Waals surface area contributed by atoms with Crippen LogP contribution in [-0.4, -0.2) is 51.9 Å². The molecule has 8 rings (SSSR count). The lowest BCUT2D eigenvalue weighted by Gasteiger charge is -2.32. The number of ether oxygens (including phenoxy) is 3. The molecule has 2 fully saturated rings. The van der Waals surface area contributed by atoms with E-state index in [4.69, 9.17) is 24.3 Å². The Morgan fingerprint density at radius 3 is 2.02 bits per heavy atom. The minimum Gasteiger partial charge on any atom is -0.473 e. The standard InChI is InChI=1S/C45H47N5O4/c1-48-41-28-38(50-26-23-37(29-50)27-33-21-24-49(25-22-33)45(51)54-32-36-15-9-4-10-16-36)17-18-39(41)43(47-48)40-19-20-42(52-30-34-11-5-2-6-12-34)46-44(40)53-31-35-13-7-3-8-14-35/h2-20,28,33,37H,21-27,29-32H2,1H3. The fraction of sp³-hybridized carbons (Fsp3) is 0.311. The monoisotopic (exact) mass is 721 g/mol. The zero-order chi connectivity index (χ0) is 36.7. The van der Waals surface area contributed by atoms with E-state index in [0.717, 1.165) is 77.9 Å². The molecule has 0 saturated carbocycles. The molecular weight excluding hydrogens is 675 g/mol. The van der Waals surface area contributed by atoms with Crippen molar-refractivity contribution in [2.24, 2.45) is 18.9 Å². The molecule has 9 nitrogen and oxygen atoms in total. The molecule has 276 valence electrons. The van der Waals surface area contributed by atoms with Crippen molar-refractivity contribution in [3.8, 4) is 23.0 Å². The van der Waals surface area contributed by atoms with E-state index in [1.54, 1.807) is 0 Å². The van der Waals surface area contributed by atoms with Gasteiger partial charge in [-0.3, -0.25) is 4.68 Å². The van der Waals surface area contributed by atoms with Gasteiger partial charge in [0.05, 0.1) is 11.1 Å². The molecule has 0 N–H and O–H groups in total.